The highest BCUT2D eigenvalue weighted by Crippen LogP contribution is 2.30. The van der Waals surface area contributed by atoms with Gasteiger partial charge in [-0.1, -0.05) is 12.5 Å². The van der Waals surface area contributed by atoms with E-state index in [1.807, 2.05) is 26.0 Å². The van der Waals surface area contributed by atoms with E-state index in [1.165, 1.54) is 0 Å². The van der Waals surface area contributed by atoms with Crippen molar-refractivity contribution in [3.05, 3.63) is 63.8 Å². The molecular formula is C21H24N6OS. The van der Waals surface area contributed by atoms with Crippen LogP contribution in [0.15, 0.2) is 35.8 Å². The largest absolute Gasteiger partial charge is 0.305 e. The number of carbonyl (C=O) groups is 1. The second-order valence-electron chi connectivity index (χ2n) is 7.26. The molecule has 1 aliphatic heterocycles. The minimum atomic E-state index is -0.270. The number of anilines is 1. The Kier molecular flexibility index (Phi) is 5.92. The van der Waals surface area contributed by atoms with Crippen LogP contribution < -0.4 is 5.32 Å². The average Bonchev–Trinajstić information content (AvgIpc) is 3.13. The first-order chi connectivity index (χ1) is 14.1. The van der Waals surface area contributed by atoms with Crippen molar-refractivity contribution in [2.24, 2.45) is 0 Å². The van der Waals surface area contributed by atoms with Crippen LogP contribution in [0.3, 0.4) is 0 Å². The van der Waals surface area contributed by atoms with Crippen molar-refractivity contribution in [1.29, 1.82) is 0 Å². The Labute approximate surface area is 174 Å². The third-order valence-electron chi connectivity index (χ3n) is 4.95. The minimum Gasteiger partial charge on any atom is -0.305 e. The highest BCUT2D eigenvalue weighted by atomic mass is 32.1. The zero-order valence-electron chi connectivity index (χ0n) is 16.6. The summed E-state index contributed by atoms with van der Waals surface area (Å²) in [5, 5.41) is 6.00. The highest BCUT2D eigenvalue weighted by molar-refractivity contribution is 7.09. The van der Waals surface area contributed by atoms with Crippen molar-refractivity contribution < 1.29 is 4.79 Å². The van der Waals surface area contributed by atoms with E-state index in [0.29, 0.717) is 17.3 Å². The second-order valence-corrected chi connectivity index (χ2v) is 8.32. The normalized spacial score (nSPS) is 17.2. The van der Waals surface area contributed by atoms with Gasteiger partial charge >= 0.3 is 0 Å². The van der Waals surface area contributed by atoms with Gasteiger partial charge < -0.3 is 5.32 Å². The number of piperidine rings is 1. The van der Waals surface area contributed by atoms with Gasteiger partial charge in [-0.15, -0.1) is 11.3 Å². The molecule has 0 saturated carbocycles. The van der Waals surface area contributed by atoms with Crippen LogP contribution >= 0.6 is 11.3 Å². The Morgan fingerprint density at radius 1 is 1.24 bits per heavy atom. The van der Waals surface area contributed by atoms with Crippen molar-refractivity contribution in [3.63, 3.8) is 0 Å². The Morgan fingerprint density at radius 3 is 2.90 bits per heavy atom. The zero-order valence-corrected chi connectivity index (χ0v) is 17.4. The molecule has 7 nitrogen and oxygen atoms in total. The molecule has 1 N–H and O–H groups in total. The molecule has 1 atom stereocenters. The number of nitrogens with zero attached hydrogens (tertiary/aromatic N) is 5. The molecule has 1 fully saturated rings. The van der Waals surface area contributed by atoms with Gasteiger partial charge in [-0.05, 0) is 51.4 Å². The summed E-state index contributed by atoms with van der Waals surface area (Å²) in [6, 6.07) is 7.21. The molecule has 0 aliphatic carbocycles. The van der Waals surface area contributed by atoms with Crippen molar-refractivity contribution in [3.8, 4) is 0 Å². The molecule has 29 heavy (non-hydrogen) atoms. The summed E-state index contributed by atoms with van der Waals surface area (Å²) in [5.41, 5.74) is 2.24. The molecule has 1 aliphatic rings. The molecule has 0 bridgehead atoms. The maximum atomic E-state index is 12.7. The highest BCUT2D eigenvalue weighted by Gasteiger charge is 2.28. The Morgan fingerprint density at radius 2 is 2.14 bits per heavy atom. The maximum absolute atomic E-state index is 12.7. The molecule has 1 amide bonds. The van der Waals surface area contributed by atoms with E-state index in [1.54, 1.807) is 29.7 Å². The number of amides is 1. The molecule has 4 rings (SSSR count). The van der Waals surface area contributed by atoms with Crippen molar-refractivity contribution in [2.45, 2.75) is 45.7 Å². The number of aromatic nitrogens is 4. The third kappa shape index (κ3) is 4.83. The smallest absolute Gasteiger partial charge is 0.275 e. The number of hydrogen-bond donors (Lipinski definition) is 1. The molecule has 0 radical (unpaired) electrons. The average molecular weight is 409 g/mol. The van der Waals surface area contributed by atoms with Crippen LogP contribution in [0.4, 0.5) is 5.82 Å². The second kappa shape index (κ2) is 8.75. The van der Waals surface area contributed by atoms with E-state index in [9.17, 15) is 4.79 Å². The summed E-state index contributed by atoms with van der Waals surface area (Å²) in [6.07, 6.45) is 4.91. The Balaban J connectivity index is 1.57. The summed E-state index contributed by atoms with van der Waals surface area (Å²) >= 11 is 1.67. The summed E-state index contributed by atoms with van der Waals surface area (Å²) < 4.78 is 0. The van der Waals surface area contributed by atoms with Gasteiger partial charge in [-0.25, -0.2) is 19.9 Å². The van der Waals surface area contributed by atoms with Gasteiger partial charge in [0.25, 0.3) is 5.91 Å². The molecule has 8 heteroatoms. The lowest BCUT2D eigenvalue weighted by Gasteiger charge is -2.34. The van der Waals surface area contributed by atoms with Gasteiger partial charge in [0.05, 0.1) is 16.7 Å². The quantitative estimate of drug-likeness (QED) is 0.689. The van der Waals surface area contributed by atoms with E-state index < -0.39 is 0 Å². The fraction of sp³-hybridized carbons (Fsp3) is 0.381. The molecule has 0 aromatic carbocycles. The lowest BCUT2D eigenvalue weighted by Crippen LogP contribution is -2.34. The number of pyridine rings is 1. The lowest BCUT2D eigenvalue weighted by molar-refractivity contribution is 0.101. The van der Waals surface area contributed by atoms with Crippen LogP contribution in [0.2, 0.25) is 0 Å². The van der Waals surface area contributed by atoms with Gasteiger partial charge in [0, 0.05) is 23.8 Å². The molecule has 3 aromatic heterocycles. The number of thiazole rings is 1. The fourth-order valence-corrected chi connectivity index (χ4v) is 4.24. The molecule has 1 saturated heterocycles. The topological polar surface area (TPSA) is 83.9 Å². The first-order valence-corrected chi connectivity index (χ1v) is 10.7. The molecule has 3 aromatic rings. The van der Waals surface area contributed by atoms with Crippen LogP contribution in [-0.4, -0.2) is 37.3 Å². The van der Waals surface area contributed by atoms with E-state index in [-0.39, 0.29) is 11.9 Å². The van der Waals surface area contributed by atoms with Crippen molar-refractivity contribution >= 4 is 23.1 Å². The van der Waals surface area contributed by atoms with Gasteiger partial charge in [0.1, 0.15) is 17.3 Å². The number of rotatable bonds is 5. The van der Waals surface area contributed by atoms with E-state index in [2.05, 4.69) is 35.5 Å². The summed E-state index contributed by atoms with van der Waals surface area (Å²) in [5.74, 6) is 0.948. The van der Waals surface area contributed by atoms with Gasteiger partial charge in [-0.2, -0.15) is 0 Å². The Hall–Kier alpha value is -2.71. The third-order valence-corrected chi connectivity index (χ3v) is 5.78. The standard InChI is InChI=1S/C21H24N6OS/c1-14-11-17(21(28)26-19-8-3-5-9-22-19)25-20(23-14)18-7-4-6-10-27(18)12-16-13-29-15(2)24-16/h3,5,8-9,11,13,18H,4,6-7,10,12H2,1-2H3,(H,22,26,28). The van der Waals surface area contributed by atoms with Crippen molar-refractivity contribution in [2.75, 3.05) is 11.9 Å². The van der Waals surface area contributed by atoms with Crippen LogP contribution in [0.5, 0.6) is 0 Å². The SMILES string of the molecule is Cc1cc(C(=O)Nc2ccccn2)nc(C2CCCCN2Cc2csc(C)n2)n1. The monoisotopic (exact) mass is 408 g/mol. The Bertz CT molecular complexity index is 990. The van der Waals surface area contributed by atoms with Crippen LogP contribution in [0.25, 0.3) is 0 Å². The maximum Gasteiger partial charge on any atom is 0.275 e. The van der Waals surface area contributed by atoms with Gasteiger partial charge in [-0.3, -0.25) is 9.69 Å². The zero-order chi connectivity index (χ0) is 20.2. The molecule has 0 spiro atoms. The van der Waals surface area contributed by atoms with Gasteiger partial charge in [0.2, 0.25) is 0 Å². The molecule has 4 heterocycles. The fourth-order valence-electron chi connectivity index (χ4n) is 3.64. The summed E-state index contributed by atoms with van der Waals surface area (Å²) in [4.78, 5) is 33.2. The number of aryl methyl sites for hydroxylation is 2. The molecule has 150 valence electrons. The van der Waals surface area contributed by atoms with E-state index in [0.717, 1.165) is 48.7 Å². The number of hydrogen-bond acceptors (Lipinski definition) is 7. The minimum absolute atomic E-state index is 0.0899. The summed E-state index contributed by atoms with van der Waals surface area (Å²) in [7, 11) is 0. The molecule has 1 unspecified atom stereocenters. The number of nitrogens with one attached hydrogen (secondary N) is 1. The lowest BCUT2D eigenvalue weighted by atomic mass is 10.0. The van der Waals surface area contributed by atoms with Crippen LogP contribution in [-0.2, 0) is 6.54 Å². The van der Waals surface area contributed by atoms with E-state index in [4.69, 9.17) is 0 Å². The van der Waals surface area contributed by atoms with Crippen molar-refractivity contribution in [1.82, 2.24) is 24.8 Å². The van der Waals surface area contributed by atoms with Crippen LogP contribution in [0.1, 0.15) is 58.0 Å². The predicted molar refractivity (Wildman–Crippen MR) is 113 cm³/mol. The van der Waals surface area contributed by atoms with Gasteiger partial charge in [0.15, 0.2) is 0 Å². The van der Waals surface area contributed by atoms with Crippen LogP contribution in [0, 0.1) is 13.8 Å². The summed E-state index contributed by atoms with van der Waals surface area (Å²) in [6.45, 7) is 5.69. The predicted octanol–water partition coefficient (Wildman–Crippen LogP) is 3.92. The first kappa shape index (κ1) is 19.6. The first-order valence-electron chi connectivity index (χ1n) is 9.81. The van der Waals surface area contributed by atoms with E-state index >= 15 is 0 Å². The number of likely N-dealkylation sites (tertiary alicyclic amines) is 1. The number of carbonyl (C=O) groups excluding carboxylic acids is 1. The molecular weight excluding hydrogens is 384 g/mol.